The van der Waals surface area contributed by atoms with Gasteiger partial charge in [-0.15, -0.1) is 0 Å². The van der Waals surface area contributed by atoms with Crippen LogP contribution in [-0.2, 0) is 6.54 Å². The largest absolute Gasteiger partial charge is 0.478 e. The molecule has 0 aromatic carbocycles. The van der Waals surface area contributed by atoms with E-state index in [1.54, 1.807) is 13.0 Å². The average Bonchev–Trinajstić information content (AvgIpc) is 2.27. The lowest BCUT2D eigenvalue weighted by molar-refractivity contribution is 0.0335. The van der Waals surface area contributed by atoms with Gasteiger partial charge < -0.3 is 20.4 Å². The van der Waals surface area contributed by atoms with Crippen molar-refractivity contribution in [2.75, 3.05) is 27.2 Å². The lowest BCUT2D eigenvalue weighted by Crippen LogP contribution is -2.45. The summed E-state index contributed by atoms with van der Waals surface area (Å²) in [6, 6.07) is 3.18. The van der Waals surface area contributed by atoms with Crippen LogP contribution in [-0.4, -0.2) is 58.9 Å². The number of aromatic nitrogens is 1. The minimum absolute atomic E-state index is 0.170. The summed E-state index contributed by atoms with van der Waals surface area (Å²) in [7, 11) is 3.81. The van der Waals surface area contributed by atoms with Crippen LogP contribution in [0.5, 0.6) is 0 Å². The Morgan fingerprint density at radius 1 is 1.47 bits per heavy atom. The number of carboxylic acid groups (broad SMARTS) is 1. The van der Waals surface area contributed by atoms with Gasteiger partial charge in [0.1, 0.15) is 0 Å². The van der Waals surface area contributed by atoms with Gasteiger partial charge in [0.25, 0.3) is 0 Å². The molecule has 106 valence electrons. The van der Waals surface area contributed by atoms with Crippen molar-refractivity contribution in [3.8, 4) is 0 Å². The number of carboxylic acids is 1. The summed E-state index contributed by atoms with van der Waals surface area (Å²) in [5.41, 5.74) is 0.0961. The molecule has 0 aliphatic carbocycles. The van der Waals surface area contributed by atoms with Crippen molar-refractivity contribution >= 4 is 5.97 Å². The molecule has 1 heterocycles. The zero-order valence-corrected chi connectivity index (χ0v) is 11.6. The molecular formula is C13H21N3O3. The minimum Gasteiger partial charge on any atom is -0.478 e. The molecule has 0 amide bonds. The number of likely N-dealkylation sites (N-methyl/N-ethyl adjacent to an activating group) is 1. The van der Waals surface area contributed by atoms with Gasteiger partial charge in [-0.3, -0.25) is 4.98 Å². The molecule has 3 N–H and O–H groups in total. The fourth-order valence-electron chi connectivity index (χ4n) is 1.85. The van der Waals surface area contributed by atoms with Crippen molar-refractivity contribution in [2.45, 2.75) is 19.1 Å². The Morgan fingerprint density at radius 2 is 2.16 bits per heavy atom. The number of rotatable bonds is 7. The first-order valence-electron chi connectivity index (χ1n) is 6.06. The number of pyridine rings is 1. The number of aromatic carboxylic acids is 1. The fourth-order valence-corrected chi connectivity index (χ4v) is 1.85. The van der Waals surface area contributed by atoms with Crippen molar-refractivity contribution in [3.63, 3.8) is 0 Å². The van der Waals surface area contributed by atoms with E-state index in [1.165, 1.54) is 12.3 Å². The number of aliphatic hydroxyl groups is 1. The molecule has 19 heavy (non-hydrogen) atoms. The standard InChI is InChI=1S/C13H21N3O3/c1-13(19,9-16(2)3)8-14-7-11-5-4-10(6-15-11)12(17)18/h4-6,14,19H,7-9H2,1-3H3,(H,17,18). The molecule has 0 saturated heterocycles. The first kappa shape index (κ1) is 15.6. The molecule has 1 unspecified atom stereocenters. The Balaban J connectivity index is 2.42. The van der Waals surface area contributed by atoms with Crippen LogP contribution < -0.4 is 5.32 Å². The molecular weight excluding hydrogens is 246 g/mol. The monoisotopic (exact) mass is 267 g/mol. The second-order valence-electron chi connectivity index (χ2n) is 5.18. The number of hydrogen-bond donors (Lipinski definition) is 3. The molecule has 1 aromatic heterocycles. The summed E-state index contributed by atoms with van der Waals surface area (Å²) in [5.74, 6) is -0.985. The molecule has 1 atom stereocenters. The van der Waals surface area contributed by atoms with Crippen molar-refractivity contribution in [1.29, 1.82) is 0 Å². The van der Waals surface area contributed by atoms with E-state index < -0.39 is 11.6 Å². The second-order valence-corrected chi connectivity index (χ2v) is 5.18. The Labute approximate surface area is 113 Å². The summed E-state index contributed by atoms with van der Waals surface area (Å²) in [6.07, 6.45) is 1.33. The highest BCUT2D eigenvalue weighted by Gasteiger charge is 2.20. The molecule has 0 aliphatic heterocycles. The van der Waals surface area contributed by atoms with Crippen molar-refractivity contribution in [2.24, 2.45) is 0 Å². The summed E-state index contributed by atoms with van der Waals surface area (Å²) < 4.78 is 0. The SMILES string of the molecule is CN(C)CC(C)(O)CNCc1ccc(C(=O)O)cn1. The Kier molecular flexibility index (Phi) is 5.41. The van der Waals surface area contributed by atoms with E-state index in [4.69, 9.17) is 5.11 Å². The van der Waals surface area contributed by atoms with Crippen LogP contribution in [0.15, 0.2) is 18.3 Å². The smallest absolute Gasteiger partial charge is 0.337 e. The third kappa shape index (κ3) is 5.78. The average molecular weight is 267 g/mol. The summed E-state index contributed by atoms with van der Waals surface area (Å²) >= 11 is 0. The maximum Gasteiger partial charge on any atom is 0.337 e. The van der Waals surface area contributed by atoms with Crippen molar-refractivity contribution < 1.29 is 15.0 Å². The topological polar surface area (TPSA) is 85.7 Å². The summed E-state index contributed by atoms with van der Waals surface area (Å²) in [4.78, 5) is 16.6. The van der Waals surface area contributed by atoms with E-state index in [2.05, 4.69) is 10.3 Å². The zero-order valence-electron chi connectivity index (χ0n) is 11.6. The van der Waals surface area contributed by atoms with Gasteiger partial charge in [-0.25, -0.2) is 4.79 Å². The molecule has 0 radical (unpaired) electrons. The highest BCUT2D eigenvalue weighted by atomic mass is 16.4. The maximum absolute atomic E-state index is 10.7. The third-order valence-corrected chi connectivity index (χ3v) is 2.54. The predicted molar refractivity (Wildman–Crippen MR) is 72.1 cm³/mol. The molecule has 6 nitrogen and oxygen atoms in total. The first-order valence-corrected chi connectivity index (χ1v) is 6.06. The van der Waals surface area contributed by atoms with Gasteiger partial charge in [0.2, 0.25) is 0 Å². The highest BCUT2D eigenvalue weighted by Crippen LogP contribution is 2.04. The fraction of sp³-hybridized carbons (Fsp3) is 0.538. The Morgan fingerprint density at radius 3 is 2.63 bits per heavy atom. The van der Waals surface area contributed by atoms with Crippen LogP contribution in [0, 0.1) is 0 Å². The van der Waals surface area contributed by atoms with Gasteiger partial charge in [0.05, 0.1) is 16.9 Å². The van der Waals surface area contributed by atoms with Crippen LogP contribution in [0.4, 0.5) is 0 Å². The molecule has 0 spiro atoms. The summed E-state index contributed by atoms with van der Waals surface area (Å²) in [5, 5.41) is 21.9. The van der Waals surface area contributed by atoms with Crippen LogP contribution in [0.2, 0.25) is 0 Å². The van der Waals surface area contributed by atoms with Crippen LogP contribution in [0.1, 0.15) is 23.0 Å². The molecule has 1 aromatic rings. The normalized spacial score (nSPS) is 14.4. The van der Waals surface area contributed by atoms with Crippen LogP contribution in [0.3, 0.4) is 0 Å². The van der Waals surface area contributed by atoms with Crippen LogP contribution in [0.25, 0.3) is 0 Å². The van der Waals surface area contributed by atoms with Gasteiger partial charge in [0, 0.05) is 25.8 Å². The van der Waals surface area contributed by atoms with Crippen molar-refractivity contribution in [3.05, 3.63) is 29.6 Å². The molecule has 0 saturated carbocycles. The lowest BCUT2D eigenvalue weighted by atomic mass is 10.1. The van der Waals surface area contributed by atoms with Gasteiger partial charge in [-0.2, -0.15) is 0 Å². The van der Waals surface area contributed by atoms with E-state index >= 15 is 0 Å². The second kappa shape index (κ2) is 6.60. The summed E-state index contributed by atoms with van der Waals surface area (Å²) in [6.45, 7) is 3.25. The number of carbonyl (C=O) groups is 1. The van der Waals surface area contributed by atoms with E-state index in [9.17, 15) is 9.90 Å². The molecule has 1 rings (SSSR count). The minimum atomic E-state index is -0.985. The Hall–Kier alpha value is -1.50. The van der Waals surface area contributed by atoms with Gasteiger partial charge in [0.15, 0.2) is 0 Å². The van der Waals surface area contributed by atoms with Gasteiger partial charge in [-0.05, 0) is 33.2 Å². The number of nitrogens with one attached hydrogen (secondary N) is 1. The number of nitrogens with zero attached hydrogens (tertiary/aromatic N) is 2. The Bertz CT molecular complexity index is 416. The van der Waals surface area contributed by atoms with Gasteiger partial charge in [-0.1, -0.05) is 0 Å². The predicted octanol–water partition coefficient (Wildman–Crippen LogP) is 0.182. The highest BCUT2D eigenvalue weighted by molar-refractivity contribution is 5.87. The lowest BCUT2D eigenvalue weighted by Gasteiger charge is -2.27. The van der Waals surface area contributed by atoms with Gasteiger partial charge >= 0.3 is 5.97 Å². The molecule has 0 bridgehead atoms. The van der Waals surface area contributed by atoms with Crippen LogP contribution >= 0.6 is 0 Å². The zero-order chi connectivity index (χ0) is 14.5. The van der Waals surface area contributed by atoms with Crippen molar-refractivity contribution in [1.82, 2.24) is 15.2 Å². The first-order chi connectivity index (χ1) is 8.80. The van der Waals surface area contributed by atoms with E-state index in [0.29, 0.717) is 19.6 Å². The molecule has 0 fully saturated rings. The third-order valence-electron chi connectivity index (χ3n) is 2.54. The van der Waals surface area contributed by atoms with E-state index in [0.717, 1.165) is 5.69 Å². The van der Waals surface area contributed by atoms with E-state index in [1.807, 2.05) is 19.0 Å². The molecule has 0 aliphatic rings. The maximum atomic E-state index is 10.7. The van der Waals surface area contributed by atoms with E-state index in [-0.39, 0.29) is 5.56 Å². The quantitative estimate of drug-likeness (QED) is 0.653. The number of hydrogen-bond acceptors (Lipinski definition) is 5. The molecule has 6 heteroatoms.